The minimum Gasteiger partial charge on any atom is -0.484 e. The van der Waals surface area contributed by atoms with E-state index >= 15 is 0 Å². The second-order valence-corrected chi connectivity index (χ2v) is 0.981. The standard InChI is InChI=1S/C4H5F2O2.Cu/c1-2-8-4(7)3(5)6;/h2H2,1H3;/q-1;+1. The molecule has 0 radical (unpaired) electrons. The number of halogens is 2. The third-order valence-corrected chi connectivity index (χ3v) is 0.430. The number of hydrogen-bond donors (Lipinski definition) is 0. The average molecular weight is 187 g/mol. The molecule has 0 aromatic rings. The molecular weight excluding hydrogens is 182 g/mol. The van der Waals surface area contributed by atoms with Crippen LogP contribution in [-0.4, -0.2) is 12.6 Å². The summed E-state index contributed by atoms with van der Waals surface area (Å²) >= 11 is 0. The molecule has 9 heavy (non-hydrogen) atoms. The van der Waals surface area contributed by atoms with Gasteiger partial charge in [0.1, 0.15) is 0 Å². The maximum atomic E-state index is 11.1. The predicted octanol–water partition coefficient (Wildman–Crippen LogP) is 0.975. The fourth-order valence-corrected chi connectivity index (χ4v) is 0.186. The van der Waals surface area contributed by atoms with Crippen molar-refractivity contribution in [2.24, 2.45) is 0 Å². The maximum absolute atomic E-state index is 11.1. The molecule has 2 nitrogen and oxygen atoms in total. The molecule has 0 atom stereocenters. The molecule has 0 aliphatic rings. The zero-order valence-electron chi connectivity index (χ0n) is 4.58. The molecule has 0 unspecified atom stereocenters. The van der Waals surface area contributed by atoms with E-state index in [0.29, 0.717) is 0 Å². The smallest absolute Gasteiger partial charge is 0.484 e. The van der Waals surface area contributed by atoms with E-state index < -0.39 is 12.4 Å². The first-order valence-corrected chi connectivity index (χ1v) is 2.03. The molecule has 0 rings (SSSR count). The largest absolute Gasteiger partial charge is 1.00 e. The summed E-state index contributed by atoms with van der Waals surface area (Å²) < 4.78 is 26.0. The minimum absolute atomic E-state index is 0. The van der Waals surface area contributed by atoms with Crippen LogP contribution in [0.1, 0.15) is 6.92 Å². The Morgan fingerprint density at radius 1 is 1.67 bits per heavy atom. The normalized spacial score (nSPS) is 7.44. The Kier molecular flexibility index (Phi) is 7.48. The number of carbonyl (C=O) groups excluding carboxylic acids is 1. The molecule has 0 amide bonds. The second-order valence-electron chi connectivity index (χ2n) is 0.981. The van der Waals surface area contributed by atoms with Gasteiger partial charge < -0.3 is 13.5 Å². The second kappa shape index (κ2) is 5.85. The molecule has 0 saturated carbocycles. The minimum atomic E-state index is -2.30. The van der Waals surface area contributed by atoms with Gasteiger partial charge in [-0.2, -0.15) is 0 Å². The van der Waals surface area contributed by atoms with E-state index in [1.807, 2.05) is 0 Å². The molecular formula is C4H5CuF2O2. The van der Waals surface area contributed by atoms with Gasteiger partial charge in [-0.3, -0.25) is 4.79 Å². The fourth-order valence-electron chi connectivity index (χ4n) is 0.186. The summed E-state index contributed by atoms with van der Waals surface area (Å²) in [5.41, 5.74) is 0. The van der Waals surface area contributed by atoms with Crippen molar-refractivity contribution in [3.05, 3.63) is 6.43 Å². The van der Waals surface area contributed by atoms with Crippen molar-refractivity contribution < 1.29 is 35.4 Å². The summed E-state index contributed by atoms with van der Waals surface area (Å²) in [5.74, 6) is -1.53. The molecule has 5 heteroatoms. The van der Waals surface area contributed by atoms with Crippen LogP contribution in [0.4, 0.5) is 8.78 Å². The van der Waals surface area contributed by atoms with Crippen molar-refractivity contribution in [1.29, 1.82) is 0 Å². The van der Waals surface area contributed by atoms with E-state index in [9.17, 15) is 13.6 Å². The van der Waals surface area contributed by atoms with E-state index in [1.54, 1.807) is 0 Å². The van der Waals surface area contributed by atoms with E-state index in [1.165, 1.54) is 6.92 Å². The maximum Gasteiger partial charge on any atom is 1.00 e. The van der Waals surface area contributed by atoms with Gasteiger partial charge in [0.25, 0.3) is 0 Å². The van der Waals surface area contributed by atoms with Crippen molar-refractivity contribution in [2.45, 2.75) is 6.92 Å². The average Bonchev–Trinajstić information content (AvgIpc) is 1.67. The zero-order valence-corrected chi connectivity index (χ0v) is 5.52. The van der Waals surface area contributed by atoms with Gasteiger partial charge >= 0.3 is 17.1 Å². The molecule has 0 heterocycles. The van der Waals surface area contributed by atoms with Crippen LogP contribution < -0.4 is 0 Å². The molecule has 0 aromatic heterocycles. The first-order chi connectivity index (χ1) is 3.68. The van der Waals surface area contributed by atoms with Crippen molar-refractivity contribution in [2.75, 3.05) is 6.61 Å². The summed E-state index contributed by atoms with van der Waals surface area (Å²) in [7, 11) is 0. The number of esters is 1. The fraction of sp³-hybridized carbons (Fsp3) is 0.500. The summed E-state index contributed by atoms with van der Waals surface area (Å²) in [6, 6.07) is 0. The summed E-state index contributed by atoms with van der Waals surface area (Å²) in [6.07, 6.45) is -2.30. The van der Waals surface area contributed by atoms with Crippen molar-refractivity contribution in [1.82, 2.24) is 0 Å². The SMILES string of the molecule is CCOC(=O)[C-](F)F.[Cu+]. The molecule has 0 aromatic carbocycles. The van der Waals surface area contributed by atoms with Crippen molar-refractivity contribution in [3.63, 3.8) is 0 Å². The van der Waals surface area contributed by atoms with Crippen LogP contribution in [0.2, 0.25) is 0 Å². The quantitative estimate of drug-likeness (QED) is 0.365. The molecule has 0 spiro atoms. The van der Waals surface area contributed by atoms with Crippen LogP contribution in [0.25, 0.3) is 0 Å². The molecule has 0 aliphatic heterocycles. The van der Waals surface area contributed by atoms with Gasteiger partial charge in [0, 0.05) is 6.43 Å². The number of rotatable bonds is 2. The summed E-state index contributed by atoms with van der Waals surface area (Å²) in [5, 5.41) is 0. The van der Waals surface area contributed by atoms with Crippen molar-refractivity contribution >= 4 is 5.97 Å². The topological polar surface area (TPSA) is 26.3 Å². The van der Waals surface area contributed by atoms with Gasteiger partial charge in [-0.15, -0.1) is 0 Å². The zero-order chi connectivity index (χ0) is 6.57. The Morgan fingerprint density at radius 2 is 2.11 bits per heavy atom. The first-order valence-electron chi connectivity index (χ1n) is 2.03. The summed E-state index contributed by atoms with van der Waals surface area (Å²) in [6.45, 7) is 1.44. The van der Waals surface area contributed by atoms with Gasteiger partial charge in [-0.05, 0) is 6.92 Å². The first kappa shape index (κ1) is 11.5. The Morgan fingerprint density at radius 3 is 2.22 bits per heavy atom. The Bertz CT molecular complexity index is 86.6. The van der Waals surface area contributed by atoms with Gasteiger partial charge in [-0.1, -0.05) is 0 Å². The van der Waals surface area contributed by atoms with Crippen LogP contribution in [0, 0.1) is 6.43 Å². The van der Waals surface area contributed by atoms with Crippen LogP contribution in [0.3, 0.4) is 0 Å². The van der Waals surface area contributed by atoms with E-state index in [2.05, 4.69) is 4.74 Å². The monoisotopic (exact) mass is 186 g/mol. The van der Waals surface area contributed by atoms with Crippen LogP contribution >= 0.6 is 0 Å². The third kappa shape index (κ3) is 5.59. The Hall–Kier alpha value is -0.281. The van der Waals surface area contributed by atoms with E-state index in [0.717, 1.165) is 0 Å². The molecule has 0 fully saturated rings. The van der Waals surface area contributed by atoms with Gasteiger partial charge in [-0.25, -0.2) is 0 Å². The summed E-state index contributed by atoms with van der Waals surface area (Å²) in [4.78, 5) is 9.73. The molecule has 0 bridgehead atoms. The van der Waals surface area contributed by atoms with Crippen LogP contribution in [0.15, 0.2) is 0 Å². The van der Waals surface area contributed by atoms with Gasteiger partial charge in [0.15, 0.2) is 0 Å². The third-order valence-electron chi connectivity index (χ3n) is 0.430. The van der Waals surface area contributed by atoms with Crippen LogP contribution in [0.5, 0.6) is 0 Å². The Balaban J connectivity index is 0. The Labute approximate surface area is 62.0 Å². The number of ether oxygens (including phenoxy) is 1. The van der Waals surface area contributed by atoms with E-state index in [-0.39, 0.29) is 23.7 Å². The van der Waals surface area contributed by atoms with Crippen LogP contribution in [-0.2, 0) is 26.6 Å². The van der Waals surface area contributed by atoms with Crippen molar-refractivity contribution in [3.8, 4) is 0 Å². The number of hydrogen-bond acceptors (Lipinski definition) is 2. The molecule has 0 N–H and O–H groups in total. The molecule has 58 valence electrons. The van der Waals surface area contributed by atoms with E-state index in [4.69, 9.17) is 0 Å². The predicted molar refractivity (Wildman–Crippen MR) is 22.1 cm³/mol. The number of carbonyl (C=O) groups is 1. The van der Waals surface area contributed by atoms with Gasteiger partial charge in [0.05, 0.1) is 6.61 Å². The molecule has 0 aliphatic carbocycles. The molecule has 0 saturated heterocycles. The van der Waals surface area contributed by atoms with Gasteiger partial charge in [0.2, 0.25) is 5.97 Å².